The van der Waals surface area contributed by atoms with Crippen molar-refractivity contribution in [3.05, 3.63) is 28.8 Å². The van der Waals surface area contributed by atoms with E-state index in [0.717, 1.165) is 33.7 Å². The molecule has 5 nitrogen and oxygen atoms in total. The summed E-state index contributed by atoms with van der Waals surface area (Å²) in [7, 11) is 1.81. The fourth-order valence-corrected chi connectivity index (χ4v) is 2.73. The zero-order valence-corrected chi connectivity index (χ0v) is 13.4. The second-order valence-electron chi connectivity index (χ2n) is 4.97. The summed E-state index contributed by atoms with van der Waals surface area (Å²) < 4.78 is 1.64. The van der Waals surface area contributed by atoms with Gasteiger partial charge in [0.15, 0.2) is 0 Å². The van der Waals surface area contributed by atoms with Crippen molar-refractivity contribution in [3.8, 4) is 0 Å². The van der Waals surface area contributed by atoms with Gasteiger partial charge in [0.2, 0.25) is 5.16 Å². The number of aromatic nitrogens is 4. The Bertz CT molecular complexity index is 570. The van der Waals surface area contributed by atoms with Crippen molar-refractivity contribution in [1.29, 1.82) is 0 Å². The van der Waals surface area contributed by atoms with Gasteiger partial charge in [0.05, 0.1) is 0 Å². The Morgan fingerprint density at radius 1 is 1.40 bits per heavy atom. The Balaban J connectivity index is 2.00. The quantitative estimate of drug-likeness (QED) is 0.889. The first kappa shape index (κ1) is 15.3. The van der Waals surface area contributed by atoms with Gasteiger partial charge in [-0.15, -0.1) is 5.10 Å². The number of aryl methyl sites for hydroxylation is 1. The molecule has 0 atom stereocenters. The fourth-order valence-electron chi connectivity index (χ4n) is 1.64. The van der Waals surface area contributed by atoms with Crippen LogP contribution in [0.25, 0.3) is 0 Å². The number of hydrogen-bond acceptors (Lipinski definition) is 5. The average Bonchev–Trinajstić information content (AvgIpc) is 2.77. The third-order valence-corrected chi connectivity index (χ3v) is 4.05. The van der Waals surface area contributed by atoms with Gasteiger partial charge >= 0.3 is 0 Å². The molecular formula is C13H18ClN5S. The second-order valence-corrected chi connectivity index (χ2v) is 6.41. The van der Waals surface area contributed by atoms with Crippen molar-refractivity contribution in [2.24, 2.45) is 13.0 Å². The first-order valence-corrected chi connectivity index (χ1v) is 7.65. The SMILES string of the molecule is CC(C)CNCc1ccc(Sc2nnnn2C)cc1Cl. The summed E-state index contributed by atoms with van der Waals surface area (Å²) in [6.45, 7) is 6.14. The summed E-state index contributed by atoms with van der Waals surface area (Å²) in [6.07, 6.45) is 0. The van der Waals surface area contributed by atoms with Crippen LogP contribution in [0.2, 0.25) is 5.02 Å². The Morgan fingerprint density at radius 2 is 2.20 bits per heavy atom. The average molecular weight is 312 g/mol. The number of hydrogen-bond donors (Lipinski definition) is 1. The van der Waals surface area contributed by atoms with Crippen LogP contribution in [0.4, 0.5) is 0 Å². The number of rotatable bonds is 6. The molecule has 7 heteroatoms. The van der Waals surface area contributed by atoms with Gasteiger partial charge in [0.25, 0.3) is 0 Å². The number of nitrogens with one attached hydrogen (secondary N) is 1. The van der Waals surface area contributed by atoms with Crippen LogP contribution in [0.5, 0.6) is 0 Å². The topological polar surface area (TPSA) is 55.6 Å². The van der Waals surface area contributed by atoms with E-state index in [0.29, 0.717) is 5.92 Å². The first-order valence-electron chi connectivity index (χ1n) is 6.45. The monoisotopic (exact) mass is 311 g/mol. The maximum atomic E-state index is 6.31. The third kappa shape index (κ3) is 4.19. The van der Waals surface area contributed by atoms with Crippen LogP contribution >= 0.6 is 23.4 Å². The molecular weight excluding hydrogens is 294 g/mol. The number of nitrogens with zero attached hydrogens (tertiary/aromatic N) is 4. The van der Waals surface area contributed by atoms with E-state index in [9.17, 15) is 0 Å². The van der Waals surface area contributed by atoms with Crippen molar-refractivity contribution in [2.45, 2.75) is 30.4 Å². The summed E-state index contributed by atoms with van der Waals surface area (Å²) in [5, 5.41) is 16.3. The molecule has 0 fully saturated rings. The molecule has 2 rings (SSSR count). The molecule has 1 heterocycles. The molecule has 0 radical (unpaired) electrons. The van der Waals surface area contributed by atoms with Crippen LogP contribution in [0.3, 0.4) is 0 Å². The lowest BCUT2D eigenvalue weighted by molar-refractivity contribution is 0.552. The molecule has 0 saturated carbocycles. The largest absolute Gasteiger partial charge is 0.312 e. The minimum Gasteiger partial charge on any atom is -0.312 e. The van der Waals surface area contributed by atoms with E-state index in [2.05, 4.69) is 34.7 Å². The van der Waals surface area contributed by atoms with Gasteiger partial charge in [-0.25, -0.2) is 4.68 Å². The van der Waals surface area contributed by atoms with Gasteiger partial charge in [0.1, 0.15) is 0 Å². The van der Waals surface area contributed by atoms with E-state index in [-0.39, 0.29) is 0 Å². The molecule has 0 bridgehead atoms. The molecule has 2 aromatic rings. The van der Waals surface area contributed by atoms with E-state index in [1.807, 2.05) is 25.2 Å². The lowest BCUT2D eigenvalue weighted by Gasteiger charge is -2.09. The highest BCUT2D eigenvalue weighted by Crippen LogP contribution is 2.28. The van der Waals surface area contributed by atoms with Gasteiger partial charge in [-0.2, -0.15) is 0 Å². The minimum absolute atomic E-state index is 0.631. The highest BCUT2D eigenvalue weighted by atomic mass is 35.5. The van der Waals surface area contributed by atoms with E-state index in [1.165, 1.54) is 11.8 Å². The summed E-state index contributed by atoms with van der Waals surface area (Å²) >= 11 is 7.81. The van der Waals surface area contributed by atoms with Crippen molar-refractivity contribution in [3.63, 3.8) is 0 Å². The highest BCUT2D eigenvalue weighted by Gasteiger charge is 2.07. The predicted octanol–water partition coefficient (Wildman–Crippen LogP) is 2.76. The Kier molecular flexibility index (Phi) is 5.39. The fraction of sp³-hybridized carbons (Fsp3) is 0.462. The normalized spacial score (nSPS) is 11.2. The molecule has 108 valence electrons. The number of tetrazole rings is 1. The van der Waals surface area contributed by atoms with Gasteiger partial charge in [-0.1, -0.05) is 31.5 Å². The molecule has 1 aromatic heterocycles. The zero-order chi connectivity index (χ0) is 14.5. The number of halogens is 1. The number of benzene rings is 1. The Hall–Kier alpha value is -1.11. The van der Waals surface area contributed by atoms with Crippen molar-refractivity contribution in [2.75, 3.05) is 6.54 Å². The lowest BCUT2D eigenvalue weighted by atomic mass is 10.2. The van der Waals surface area contributed by atoms with Gasteiger partial charge < -0.3 is 5.32 Å². The van der Waals surface area contributed by atoms with E-state index < -0.39 is 0 Å². The summed E-state index contributed by atoms with van der Waals surface area (Å²) in [5.41, 5.74) is 1.10. The predicted molar refractivity (Wildman–Crippen MR) is 80.9 cm³/mol. The first-order chi connectivity index (χ1) is 9.56. The summed E-state index contributed by atoms with van der Waals surface area (Å²) in [4.78, 5) is 1.03. The molecule has 0 saturated heterocycles. The third-order valence-electron chi connectivity index (χ3n) is 2.68. The Morgan fingerprint density at radius 3 is 2.80 bits per heavy atom. The van der Waals surface area contributed by atoms with E-state index in [1.54, 1.807) is 4.68 Å². The van der Waals surface area contributed by atoms with Crippen LogP contribution in [0.15, 0.2) is 28.3 Å². The van der Waals surface area contributed by atoms with Crippen LogP contribution in [-0.4, -0.2) is 26.8 Å². The smallest absolute Gasteiger partial charge is 0.213 e. The van der Waals surface area contributed by atoms with Crippen LogP contribution in [0, 0.1) is 5.92 Å². The molecule has 1 N–H and O–H groups in total. The van der Waals surface area contributed by atoms with E-state index in [4.69, 9.17) is 11.6 Å². The van der Waals surface area contributed by atoms with Gasteiger partial charge in [0, 0.05) is 23.5 Å². The Labute approximate surface area is 128 Å². The van der Waals surface area contributed by atoms with Crippen LogP contribution in [-0.2, 0) is 13.6 Å². The molecule has 0 unspecified atom stereocenters. The molecule has 0 amide bonds. The molecule has 0 aliphatic heterocycles. The summed E-state index contributed by atoms with van der Waals surface area (Å²) in [6, 6.07) is 6.03. The molecule has 1 aromatic carbocycles. The molecule has 0 aliphatic carbocycles. The molecule has 0 spiro atoms. The maximum absolute atomic E-state index is 6.31. The van der Waals surface area contributed by atoms with Gasteiger partial charge in [-0.3, -0.25) is 0 Å². The molecule has 0 aliphatic rings. The highest BCUT2D eigenvalue weighted by molar-refractivity contribution is 7.99. The lowest BCUT2D eigenvalue weighted by Crippen LogP contribution is -2.19. The van der Waals surface area contributed by atoms with Crippen molar-refractivity contribution >= 4 is 23.4 Å². The maximum Gasteiger partial charge on any atom is 0.213 e. The minimum atomic E-state index is 0.631. The van der Waals surface area contributed by atoms with Crippen molar-refractivity contribution < 1.29 is 0 Å². The zero-order valence-electron chi connectivity index (χ0n) is 11.8. The molecule has 20 heavy (non-hydrogen) atoms. The van der Waals surface area contributed by atoms with E-state index >= 15 is 0 Å². The van der Waals surface area contributed by atoms with Crippen LogP contribution in [0.1, 0.15) is 19.4 Å². The van der Waals surface area contributed by atoms with Crippen molar-refractivity contribution in [1.82, 2.24) is 25.5 Å². The second kappa shape index (κ2) is 7.06. The van der Waals surface area contributed by atoms with Gasteiger partial charge in [-0.05, 0) is 52.3 Å². The van der Waals surface area contributed by atoms with Crippen LogP contribution < -0.4 is 5.32 Å². The standard InChI is InChI=1S/C13H18ClN5S/c1-9(2)7-15-8-10-4-5-11(6-12(10)14)20-13-16-17-18-19(13)3/h4-6,9,15H,7-8H2,1-3H3. The summed E-state index contributed by atoms with van der Waals surface area (Å²) in [5.74, 6) is 0.631.